The van der Waals surface area contributed by atoms with Gasteiger partial charge >= 0.3 is 0 Å². The third-order valence-corrected chi connectivity index (χ3v) is 4.88. The summed E-state index contributed by atoms with van der Waals surface area (Å²) in [7, 11) is 0. The zero-order valence-corrected chi connectivity index (χ0v) is 16.4. The van der Waals surface area contributed by atoms with Crippen molar-refractivity contribution in [3.63, 3.8) is 0 Å². The molecule has 2 aromatic carbocycles. The zero-order chi connectivity index (χ0) is 22.1. The van der Waals surface area contributed by atoms with Gasteiger partial charge in [-0.3, -0.25) is 14.2 Å². The number of carbonyl (C=O) groups excluding carboxylic acids is 1. The van der Waals surface area contributed by atoms with Crippen molar-refractivity contribution in [2.75, 3.05) is 0 Å². The fourth-order valence-corrected chi connectivity index (χ4v) is 3.39. The molecular weight excluding hydrogens is 426 g/mol. The van der Waals surface area contributed by atoms with Crippen LogP contribution in [0.5, 0.6) is 0 Å². The van der Waals surface area contributed by atoms with Crippen molar-refractivity contribution in [1.29, 1.82) is 5.26 Å². The van der Waals surface area contributed by atoms with Gasteiger partial charge in [0.05, 0.1) is 33.6 Å². The van der Waals surface area contributed by atoms with E-state index in [1.807, 2.05) is 0 Å². The highest BCUT2D eigenvalue weighted by Gasteiger charge is 2.21. The van der Waals surface area contributed by atoms with Crippen molar-refractivity contribution >= 4 is 28.3 Å². The summed E-state index contributed by atoms with van der Waals surface area (Å²) in [6.07, 6.45) is -0.473. The molecule has 6 nitrogen and oxygen atoms in total. The Labute approximate surface area is 179 Å². The van der Waals surface area contributed by atoms with E-state index in [1.54, 1.807) is 30.3 Å². The molecule has 0 aliphatic rings. The van der Waals surface area contributed by atoms with Crippen molar-refractivity contribution < 1.29 is 13.6 Å². The van der Waals surface area contributed by atoms with Gasteiger partial charge in [-0.25, -0.2) is 14.4 Å². The van der Waals surface area contributed by atoms with Crippen LogP contribution >= 0.6 is 11.6 Å². The van der Waals surface area contributed by atoms with E-state index in [2.05, 4.69) is 9.97 Å². The standard InChI is InChI=1S/C22H11ClF2N4O2/c23-15-3-1-2-4-17(15)29-20(27-16-7-6-13(24)9-14(16)22(29)31)10-18(30)21-12(11-26)5-8-19(25)28-21/h1-9H,10H2. The Morgan fingerprint density at radius 3 is 2.61 bits per heavy atom. The Kier molecular flexibility index (Phi) is 5.28. The van der Waals surface area contributed by atoms with Gasteiger partial charge in [0.2, 0.25) is 5.95 Å². The van der Waals surface area contributed by atoms with Crippen LogP contribution in [0.25, 0.3) is 16.6 Å². The molecule has 152 valence electrons. The Bertz CT molecular complexity index is 1460. The molecule has 31 heavy (non-hydrogen) atoms. The molecule has 0 bridgehead atoms. The number of ketones is 1. The number of hydrogen-bond donors (Lipinski definition) is 0. The second-order valence-electron chi connectivity index (χ2n) is 6.52. The molecule has 0 fully saturated rings. The normalized spacial score (nSPS) is 10.8. The minimum Gasteiger partial charge on any atom is -0.292 e. The minimum absolute atomic E-state index is 0.00212. The van der Waals surface area contributed by atoms with Crippen LogP contribution in [0.2, 0.25) is 5.02 Å². The molecule has 0 aliphatic carbocycles. The van der Waals surface area contributed by atoms with E-state index in [1.165, 1.54) is 6.07 Å². The average Bonchev–Trinajstić information content (AvgIpc) is 2.75. The first-order chi connectivity index (χ1) is 14.9. The number of pyridine rings is 1. The Hall–Kier alpha value is -3.96. The topological polar surface area (TPSA) is 88.6 Å². The Morgan fingerprint density at radius 2 is 1.87 bits per heavy atom. The number of para-hydroxylation sites is 1. The van der Waals surface area contributed by atoms with Crippen LogP contribution in [-0.4, -0.2) is 20.3 Å². The summed E-state index contributed by atoms with van der Waals surface area (Å²) in [5.74, 6) is -2.28. The lowest BCUT2D eigenvalue weighted by molar-refractivity contribution is 0.0984. The molecule has 2 heterocycles. The number of benzene rings is 2. The van der Waals surface area contributed by atoms with Crippen LogP contribution < -0.4 is 5.56 Å². The molecule has 0 amide bonds. The average molecular weight is 437 g/mol. The van der Waals surface area contributed by atoms with E-state index in [0.29, 0.717) is 0 Å². The third-order valence-electron chi connectivity index (χ3n) is 4.56. The molecule has 0 radical (unpaired) electrons. The van der Waals surface area contributed by atoms with Crippen molar-refractivity contribution in [2.24, 2.45) is 0 Å². The van der Waals surface area contributed by atoms with Crippen molar-refractivity contribution in [1.82, 2.24) is 14.5 Å². The highest BCUT2D eigenvalue weighted by molar-refractivity contribution is 6.32. The number of nitrogens with zero attached hydrogens (tertiary/aromatic N) is 4. The second kappa shape index (κ2) is 8.05. The summed E-state index contributed by atoms with van der Waals surface area (Å²) in [4.78, 5) is 34.0. The Morgan fingerprint density at radius 1 is 1.10 bits per heavy atom. The van der Waals surface area contributed by atoms with E-state index in [-0.39, 0.29) is 38.7 Å². The van der Waals surface area contributed by atoms with Gasteiger partial charge in [0.1, 0.15) is 23.4 Å². The fraction of sp³-hybridized carbons (Fsp3) is 0.0455. The molecule has 0 spiro atoms. The molecule has 9 heteroatoms. The molecule has 4 rings (SSSR count). The van der Waals surface area contributed by atoms with Crippen LogP contribution in [-0.2, 0) is 6.42 Å². The maximum Gasteiger partial charge on any atom is 0.266 e. The lowest BCUT2D eigenvalue weighted by Gasteiger charge is -2.14. The van der Waals surface area contributed by atoms with Gasteiger partial charge in [-0.2, -0.15) is 9.65 Å². The molecule has 0 aliphatic heterocycles. The molecule has 0 unspecified atom stereocenters. The predicted molar refractivity (Wildman–Crippen MR) is 109 cm³/mol. The number of fused-ring (bicyclic) bond motifs is 1. The van der Waals surface area contributed by atoms with E-state index in [0.717, 1.165) is 28.8 Å². The van der Waals surface area contributed by atoms with Crippen LogP contribution in [0.4, 0.5) is 8.78 Å². The zero-order valence-electron chi connectivity index (χ0n) is 15.6. The molecule has 2 aromatic heterocycles. The van der Waals surface area contributed by atoms with Gasteiger partial charge in [0.15, 0.2) is 5.78 Å². The van der Waals surface area contributed by atoms with Gasteiger partial charge in [-0.1, -0.05) is 23.7 Å². The summed E-state index contributed by atoms with van der Waals surface area (Å²) in [5.41, 5.74) is -0.704. The molecule has 0 N–H and O–H groups in total. The number of carbonyl (C=O) groups is 1. The van der Waals surface area contributed by atoms with Crippen LogP contribution in [0.3, 0.4) is 0 Å². The molecule has 0 saturated heterocycles. The van der Waals surface area contributed by atoms with Crippen molar-refractivity contribution in [3.05, 3.63) is 98.8 Å². The first-order valence-corrected chi connectivity index (χ1v) is 9.33. The number of hydrogen-bond acceptors (Lipinski definition) is 5. The van der Waals surface area contributed by atoms with Gasteiger partial charge in [0, 0.05) is 0 Å². The van der Waals surface area contributed by atoms with E-state index in [9.17, 15) is 23.6 Å². The largest absolute Gasteiger partial charge is 0.292 e. The second-order valence-corrected chi connectivity index (χ2v) is 6.93. The number of rotatable bonds is 4. The van der Waals surface area contributed by atoms with Gasteiger partial charge in [-0.15, -0.1) is 0 Å². The van der Waals surface area contributed by atoms with E-state index >= 15 is 0 Å². The number of aromatic nitrogens is 3. The van der Waals surface area contributed by atoms with Gasteiger partial charge in [-0.05, 0) is 42.5 Å². The van der Waals surface area contributed by atoms with Crippen LogP contribution in [0.1, 0.15) is 21.9 Å². The summed E-state index contributed by atoms with van der Waals surface area (Å²) in [6, 6.07) is 13.8. The lowest BCUT2D eigenvalue weighted by Crippen LogP contribution is -2.26. The predicted octanol–water partition coefficient (Wildman–Crippen LogP) is 4.01. The van der Waals surface area contributed by atoms with Crippen molar-refractivity contribution in [2.45, 2.75) is 6.42 Å². The highest BCUT2D eigenvalue weighted by atomic mass is 35.5. The van der Waals surface area contributed by atoms with Crippen LogP contribution in [0.15, 0.2) is 59.4 Å². The number of nitriles is 1. The lowest BCUT2D eigenvalue weighted by atomic mass is 10.1. The summed E-state index contributed by atoms with van der Waals surface area (Å²) >= 11 is 6.26. The minimum atomic E-state index is -0.923. The number of Topliss-reactive ketones (excluding diaryl/α,β-unsaturated/α-hetero) is 1. The molecule has 0 saturated carbocycles. The maximum atomic E-state index is 13.8. The maximum absolute atomic E-state index is 13.8. The SMILES string of the molecule is N#Cc1ccc(F)nc1C(=O)Cc1nc2ccc(F)cc2c(=O)n1-c1ccccc1Cl. The van der Waals surface area contributed by atoms with Crippen molar-refractivity contribution in [3.8, 4) is 11.8 Å². The van der Waals surface area contributed by atoms with Gasteiger partial charge < -0.3 is 0 Å². The molecule has 4 aromatic rings. The molecular formula is C22H11ClF2N4O2. The smallest absolute Gasteiger partial charge is 0.266 e. The highest BCUT2D eigenvalue weighted by Crippen LogP contribution is 2.22. The van der Waals surface area contributed by atoms with E-state index < -0.39 is 29.5 Å². The molecule has 0 atom stereocenters. The first kappa shape index (κ1) is 20.3. The van der Waals surface area contributed by atoms with Gasteiger partial charge in [0.25, 0.3) is 5.56 Å². The van der Waals surface area contributed by atoms with Crippen LogP contribution in [0, 0.1) is 23.1 Å². The first-order valence-electron chi connectivity index (χ1n) is 8.95. The number of halogens is 3. The fourth-order valence-electron chi connectivity index (χ4n) is 3.17. The quantitative estimate of drug-likeness (QED) is 0.356. The Balaban J connectivity index is 1.95. The third kappa shape index (κ3) is 3.79. The summed E-state index contributed by atoms with van der Waals surface area (Å²) < 4.78 is 28.5. The summed E-state index contributed by atoms with van der Waals surface area (Å²) in [6.45, 7) is 0. The monoisotopic (exact) mass is 436 g/mol. The van der Waals surface area contributed by atoms with E-state index in [4.69, 9.17) is 11.6 Å². The summed E-state index contributed by atoms with van der Waals surface area (Å²) in [5, 5.41) is 9.42.